The van der Waals surface area contributed by atoms with Gasteiger partial charge in [-0.1, -0.05) is 18.2 Å². The van der Waals surface area contributed by atoms with Crippen molar-refractivity contribution in [3.8, 4) is 11.5 Å². The van der Waals surface area contributed by atoms with Crippen molar-refractivity contribution in [2.45, 2.75) is 25.7 Å². The highest BCUT2D eigenvalue weighted by atomic mass is 16.5. The van der Waals surface area contributed by atoms with Crippen LogP contribution in [0.5, 0.6) is 11.5 Å². The maximum Gasteiger partial charge on any atom is 0.261 e. The molecular formula is C30H29N3O4. The van der Waals surface area contributed by atoms with Crippen LogP contribution in [0.3, 0.4) is 0 Å². The van der Waals surface area contributed by atoms with Gasteiger partial charge in [0.25, 0.3) is 5.91 Å². The number of nitrogens with zero attached hydrogens (tertiary/aromatic N) is 2. The number of hydrogen-bond acceptors (Lipinski definition) is 6. The quantitative estimate of drug-likeness (QED) is 0.388. The van der Waals surface area contributed by atoms with E-state index in [1.165, 1.54) is 16.8 Å². The van der Waals surface area contributed by atoms with Crippen molar-refractivity contribution in [3.63, 3.8) is 0 Å². The smallest absolute Gasteiger partial charge is 0.261 e. The molecule has 1 N–H and O–H groups in total. The summed E-state index contributed by atoms with van der Waals surface area (Å²) in [5, 5.41) is 3.92. The molecule has 2 aliphatic rings. The van der Waals surface area contributed by atoms with E-state index in [0.717, 1.165) is 49.7 Å². The van der Waals surface area contributed by atoms with Crippen molar-refractivity contribution in [1.82, 2.24) is 0 Å². The van der Waals surface area contributed by atoms with E-state index in [-0.39, 0.29) is 11.5 Å². The highest BCUT2D eigenvalue weighted by molar-refractivity contribution is 6.06. The van der Waals surface area contributed by atoms with Gasteiger partial charge in [-0.25, -0.2) is 4.99 Å². The number of amides is 1. The Morgan fingerprint density at radius 2 is 1.68 bits per heavy atom. The molecule has 188 valence electrons. The van der Waals surface area contributed by atoms with E-state index in [1.54, 1.807) is 32.4 Å². The summed E-state index contributed by atoms with van der Waals surface area (Å²) >= 11 is 0. The lowest BCUT2D eigenvalue weighted by atomic mass is 9.90. The van der Waals surface area contributed by atoms with Crippen LogP contribution in [0.25, 0.3) is 11.0 Å². The third kappa shape index (κ3) is 4.42. The Balaban J connectivity index is 1.57. The van der Waals surface area contributed by atoms with Crippen molar-refractivity contribution >= 4 is 33.9 Å². The van der Waals surface area contributed by atoms with Gasteiger partial charge in [0.15, 0.2) is 0 Å². The summed E-state index contributed by atoms with van der Waals surface area (Å²) in [5.41, 5.74) is 6.56. The molecule has 2 aliphatic heterocycles. The molecule has 0 unspecified atom stereocenters. The van der Waals surface area contributed by atoms with Crippen molar-refractivity contribution in [2.75, 3.05) is 37.5 Å². The molecule has 0 saturated heterocycles. The summed E-state index contributed by atoms with van der Waals surface area (Å²) in [5.74, 6) is 0.932. The van der Waals surface area contributed by atoms with Gasteiger partial charge in [0, 0.05) is 53.6 Å². The van der Waals surface area contributed by atoms with Crippen LogP contribution >= 0.6 is 0 Å². The van der Waals surface area contributed by atoms with E-state index in [2.05, 4.69) is 16.3 Å². The van der Waals surface area contributed by atoms with Gasteiger partial charge in [-0.05, 0) is 55.5 Å². The number of nitrogens with one attached hydrogen (secondary N) is 1. The Kier molecular flexibility index (Phi) is 6.04. The second kappa shape index (κ2) is 9.65. The lowest BCUT2D eigenvalue weighted by Gasteiger charge is -2.37. The van der Waals surface area contributed by atoms with Crippen LogP contribution in [0, 0.1) is 0 Å². The number of carbonyl (C=O) groups excluding carboxylic acids is 1. The number of aryl methyl sites for hydroxylation is 2. The predicted octanol–water partition coefficient (Wildman–Crippen LogP) is 5.63. The molecule has 0 fully saturated rings. The largest absolute Gasteiger partial charge is 0.497 e. The van der Waals surface area contributed by atoms with Crippen LogP contribution in [-0.2, 0) is 12.8 Å². The number of anilines is 2. The molecule has 0 atom stereocenters. The van der Waals surface area contributed by atoms with E-state index in [1.807, 2.05) is 36.4 Å². The average molecular weight is 496 g/mol. The zero-order valence-electron chi connectivity index (χ0n) is 21.0. The molecule has 0 spiro atoms. The fourth-order valence-electron chi connectivity index (χ4n) is 5.39. The van der Waals surface area contributed by atoms with Crippen LogP contribution in [0.1, 0.15) is 34.3 Å². The number of benzene rings is 3. The number of methoxy groups -OCH3 is 2. The lowest BCUT2D eigenvalue weighted by molar-refractivity contribution is 0.102. The number of fused-ring (bicyclic) bond motifs is 2. The maximum atomic E-state index is 13.5. The first-order chi connectivity index (χ1) is 18.1. The zero-order chi connectivity index (χ0) is 25.4. The lowest BCUT2D eigenvalue weighted by Crippen LogP contribution is -2.34. The highest BCUT2D eigenvalue weighted by Gasteiger charge is 2.27. The summed E-state index contributed by atoms with van der Waals surface area (Å²) in [4.78, 5) is 20.8. The summed E-state index contributed by atoms with van der Waals surface area (Å²) in [7, 11) is 3.19. The molecule has 1 amide bonds. The van der Waals surface area contributed by atoms with Crippen LogP contribution < -0.4 is 25.2 Å². The highest BCUT2D eigenvalue weighted by Crippen LogP contribution is 2.40. The van der Waals surface area contributed by atoms with Crippen LogP contribution in [-0.4, -0.2) is 33.2 Å². The Bertz CT molecular complexity index is 1530. The minimum atomic E-state index is -0.279. The molecule has 1 aromatic heterocycles. The van der Waals surface area contributed by atoms with Crippen molar-refractivity contribution in [3.05, 3.63) is 82.9 Å². The van der Waals surface area contributed by atoms with Crippen LogP contribution in [0.4, 0.5) is 17.1 Å². The fraction of sp³-hybridized carbons (Fsp3) is 0.267. The predicted molar refractivity (Wildman–Crippen MR) is 144 cm³/mol. The topological polar surface area (TPSA) is 76.3 Å². The van der Waals surface area contributed by atoms with Gasteiger partial charge >= 0.3 is 0 Å². The third-order valence-corrected chi connectivity index (χ3v) is 7.07. The molecule has 7 nitrogen and oxygen atoms in total. The number of hydrogen-bond donors (Lipinski definition) is 1. The average Bonchev–Trinajstić information content (AvgIpc) is 2.93. The minimum absolute atomic E-state index is 0.250. The standard InChI is InChI=1S/C30H29N3O4/c1-35-23-16-22(17-24(18-23)36-2)32-30-26(29(34)31-21-9-4-3-5-10-21)15-20-14-19-8-6-12-33-13-7-11-25(27(19)33)28(20)37-30/h3-5,9-10,14-18H,6-8,11-13H2,1-2H3,(H,31,34). The monoisotopic (exact) mass is 495 g/mol. The first-order valence-electron chi connectivity index (χ1n) is 12.6. The minimum Gasteiger partial charge on any atom is -0.497 e. The van der Waals surface area contributed by atoms with Crippen molar-refractivity contribution in [2.24, 2.45) is 4.99 Å². The first-order valence-corrected chi connectivity index (χ1v) is 12.6. The molecule has 0 saturated carbocycles. The zero-order valence-corrected chi connectivity index (χ0v) is 21.0. The molecule has 0 radical (unpaired) electrons. The molecule has 3 aromatic carbocycles. The van der Waals surface area contributed by atoms with E-state index in [0.29, 0.717) is 28.4 Å². The molecular weight excluding hydrogens is 466 g/mol. The van der Waals surface area contributed by atoms with Gasteiger partial charge in [-0.3, -0.25) is 4.79 Å². The van der Waals surface area contributed by atoms with Crippen LogP contribution in [0.2, 0.25) is 0 Å². The number of rotatable bonds is 5. The number of para-hydroxylation sites is 1. The molecule has 4 aromatic rings. The van der Waals surface area contributed by atoms with E-state index in [4.69, 9.17) is 18.9 Å². The number of ether oxygens (including phenoxy) is 2. The summed E-state index contributed by atoms with van der Waals surface area (Å²) in [6.07, 6.45) is 4.20. The molecule has 3 heterocycles. The summed E-state index contributed by atoms with van der Waals surface area (Å²) in [6, 6.07) is 18.9. The van der Waals surface area contributed by atoms with Crippen molar-refractivity contribution < 1.29 is 18.7 Å². The summed E-state index contributed by atoms with van der Waals surface area (Å²) < 4.78 is 17.4. The Hall–Kier alpha value is -4.26. The normalized spacial score (nSPS) is 14.9. The van der Waals surface area contributed by atoms with E-state index in [9.17, 15) is 4.79 Å². The SMILES string of the molecule is COc1cc(N=c2oc3c4c5c(cc3cc2C(=O)Nc2ccccc2)CCCN5CCC4)cc(OC)c1. The van der Waals surface area contributed by atoms with Crippen molar-refractivity contribution in [1.29, 1.82) is 0 Å². The van der Waals surface area contributed by atoms with Gasteiger partial charge in [0.05, 0.1) is 19.9 Å². The Labute approximate surface area is 215 Å². The second-order valence-corrected chi connectivity index (χ2v) is 9.44. The van der Waals surface area contributed by atoms with Gasteiger partial charge in [0.2, 0.25) is 5.55 Å². The molecule has 6 rings (SSSR count). The number of carbonyl (C=O) groups is 1. The van der Waals surface area contributed by atoms with Gasteiger partial charge in [-0.15, -0.1) is 0 Å². The summed E-state index contributed by atoms with van der Waals surface area (Å²) in [6.45, 7) is 2.15. The first kappa shape index (κ1) is 23.2. The third-order valence-electron chi connectivity index (χ3n) is 7.07. The van der Waals surface area contributed by atoms with Gasteiger partial charge < -0.3 is 24.1 Å². The van der Waals surface area contributed by atoms with Crippen LogP contribution in [0.15, 0.2) is 70.1 Å². The van der Waals surface area contributed by atoms with E-state index < -0.39 is 0 Å². The maximum absolute atomic E-state index is 13.5. The molecule has 7 heteroatoms. The second-order valence-electron chi connectivity index (χ2n) is 9.44. The molecule has 37 heavy (non-hydrogen) atoms. The van der Waals surface area contributed by atoms with E-state index >= 15 is 0 Å². The Morgan fingerprint density at radius 3 is 2.41 bits per heavy atom. The van der Waals surface area contributed by atoms with Gasteiger partial charge in [-0.2, -0.15) is 0 Å². The molecule has 0 aliphatic carbocycles. The van der Waals surface area contributed by atoms with Gasteiger partial charge in [0.1, 0.15) is 22.6 Å². The fourth-order valence-corrected chi connectivity index (χ4v) is 5.39. The Morgan fingerprint density at radius 1 is 0.946 bits per heavy atom. The molecule has 0 bridgehead atoms.